The molecule has 0 heterocycles. The maximum Gasteiger partial charge on any atom is 0.241 e. The van der Waals surface area contributed by atoms with Crippen molar-refractivity contribution in [3.05, 3.63) is 29.3 Å². The molecule has 1 aromatic carbocycles. The number of carbonyl (C=O) groups excluding carboxylic acids is 1. The summed E-state index contributed by atoms with van der Waals surface area (Å²) in [6, 6.07) is 4.95. The highest BCUT2D eigenvalue weighted by Gasteiger charge is 2.16. The van der Waals surface area contributed by atoms with Crippen LogP contribution in [0.1, 0.15) is 11.1 Å². The Morgan fingerprint density at radius 2 is 2.00 bits per heavy atom. The molecule has 5 nitrogen and oxygen atoms in total. The number of rotatable bonds is 4. The number of hydrogen-bond acceptors (Lipinski definition) is 4. The van der Waals surface area contributed by atoms with Crippen molar-refractivity contribution in [2.75, 3.05) is 6.54 Å². The number of hydrogen-bond donors (Lipinski definition) is 1. The minimum absolute atomic E-state index is 0.0914. The van der Waals surface area contributed by atoms with Gasteiger partial charge in [0.25, 0.3) is 0 Å². The van der Waals surface area contributed by atoms with Gasteiger partial charge in [-0.2, -0.15) is 0 Å². The largest absolute Gasteiger partial charge is 0.549 e. The van der Waals surface area contributed by atoms with Gasteiger partial charge in [-0.15, -0.1) is 0 Å². The maximum absolute atomic E-state index is 11.7. The van der Waals surface area contributed by atoms with E-state index >= 15 is 0 Å². The van der Waals surface area contributed by atoms with Crippen LogP contribution >= 0.6 is 0 Å². The van der Waals surface area contributed by atoms with E-state index in [1.165, 1.54) is 6.07 Å². The summed E-state index contributed by atoms with van der Waals surface area (Å²) in [4.78, 5) is 10.3. The lowest BCUT2D eigenvalue weighted by Crippen LogP contribution is -2.37. The van der Waals surface area contributed by atoms with Gasteiger partial charge in [0.05, 0.1) is 17.4 Å². The number of sulfonamides is 1. The highest BCUT2D eigenvalue weighted by molar-refractivity contribution is 7.89. The molecule has 0 aliphatic carbocycles. The first-order chi connectivity index (χ1) is 7.33. The second-order valence-electron chi connectivity index (χ2n) is 3.47. The third-order valence-electron chi connectivity index (χ3n) is 2.04. The Hall–Kier alpha value is -1.40. The molecule has 1 rings (SSSR count). The minimum Gasteiger partial charge on any atom is -0.549 e. The van der Waals surface area contributed by atoms with Gasteiger partial charge in [0.15, 0.2) is 0 Å². The van der Waals surface area contributed by atoms with Gasteiger partial charge in [0, 0.05) is 0 Å². The van der Waals surface area contributed by atoms with E-state index in [-0.39, 0.29) is 4.90 Å². The van der Waals surface area contributed by atoms with Crippen LogP contribution in [0.3, 0.4) is 0 Å². The van der Waals surface area contributed by atoms with Gasteiger partial charge in [-0.25, -0.2) is 13.1 Å². The van der Waals surface area contributed by atoms with Gasteiger partial charge >= 0.3 is 0 Å². The van der Waals surface area contributed by atoms with Gasteiger partial charge in [-0.1, -0.05) is 12.1 Å². The third kappa shape index (κ3) is 3.04. The van der Waals surface area contributed by atoms with Crippen molar-refractivity contribution >= 4 is 16.0 Å². The molecule has 0 saturated carbocycles. The molecule has 0 spiro atoms. The van der Waals surface area contributed by atoms with Crippen LogP contribution in [0.5, 0.6) is 0 Å². The number of benzene rings is 1. The first kappa shape index (κ1) is 12.7. The molecule has 0 unspecified atom stereocenters. The molecule has 0 atom stereocenters. The second-order valence-corrected chi connectivity index (χ2v) is 5.20. The van der Waals surface area contributed by atoms with E-state index in [1.807, 2.05) is 4.72 Å². The van der Waals surface area contributed by atoms with E-state index in [0.717, 1.165) is 5.56 Å². The Bertz CT molecular complexity index is 508. The van der Waals surface area contributed by atoms with E-state index in [9.17, 15) is 18.3 Å². The number of aryl methyl sites for hydroxylation is 2. The van der Waals surface area contributed by atoms with Gasteiger partial charge in [-0.3, -0.25) is 0 Å². The third-order valence-corrected chi connectivity index (χ3v) is 3.58. The van der Waals surface area contributed by atoms with Gasteiger partial charge in [-0.05, 0) is 31.0 Å². The van der Waals surface area contributed by atoms with Crippen molar-refractivity contribution in [3.8, 4) is 0 Å². The van der Waals surface area contributed by atoms with E-state index in [1.54, 1.807) is 26.0 Å². The molecule has 0 fully saturated rings. The van der Waals surface area contributed by atoms with E-state index in [2.05, 4.69) is 0 Å². The Morgan fingerprint density at radius 1 is 1.38 bits per heavy atom. The fraction of sp³-hybridized carbons (Fsp3) is 0.300. The van der Waals surface area contributed by atoms with E-state index in [0.29, 0.717) is 5.56 Å². The van der Waals surface area contributed by atoms with Crippen LogP contribution in [0, 0.1) is 13.8 Å². The highest BCUT2D eigenvalue weighted by Crippen LogP contribution is 2.16. The zero-order valence-corrected chi connectivity index (χ0v) is 9.80. The molecule has 1 aromatic rings. The van der Waals surface area contributed by atoms with Gasteiger partial charge in [0.2, 0.25) is 10.0 Å². The molecule has 0 radical (unpaired) electrons. The second kappa shape index (κ2) is 4.63. The summed E-state index contributed by atoms with van der Waals surface area (Å²) >= 11 is 0. The summed E-state index contributed by atoms with van der Waals surface area (Å²) in [5, 5.41) is 10.2. The molecule has 0 aliphatic rings. The summed E-state index contributed by atoms with van der Waals surface area (Å²) in [5.74, 6) is -1.46. The standard InChI is InChI=1S/C10H13NO4S/c1-7-3-4-8(2)9(5-7)16(14,15)11-6-10(12)13/h3-5,11H,6H2,1-2H3,(H,12,13)/p-1. The molecule has 0 bridgehead atoms. The quantitative estimate of drug-likeness (QED) is 0.758. The summed E-state index contributed by atoms with van der Waals surface area (Å²) in [6.45, 7) is 2.68. The molecule has 16 heavy (non-hydrogen) atoms. The summed E-state index contributed by atoms with van der Waals surface area (Å²) in [5.41, 5.74) is 1.36. The molecule has 0 amide bonds. The summed E-state index contributed by atoms with van der Waals surface area (Å²) in [6.07, 6.45) is 0. The van der Waals surface area contributed by atoms with Crippen molar-refractivity contribution in [3.63, 3.8) is 0 Å². The van der Waals surface area contributed by atoms with Crippen LogP contribution < -0.4 is 9.83 Å². The Balaban J connectivity index is 3.07. The lowest BCUT2D eigenvalue weighted by Gasteiger charge is -2.10. The fourth-order valence-electron chi connectivity index (χ4n) is 1.23. The van der Waals surface area contributed by atoms with Crippen LogP contribution in [-0.2, 0) is 14.8 Å². The van der Waals surface area contributed by atoms with Crippen molar-refractivity contribution < 1.29 is 18.3 Å². The van der Waals surface area contributed by atoms with Crippen LogP contribution in [0.25, 0.3) is 0 Å². The number of aliphatic carboxylic acids is 1. The van der Waals surface area contributed by atoms with E-state index < -0.39 is 22.5 Å². The lowest BCUT2D eigenvalue weighted by atomic mass is 10.2. The maximum atomic E-state index is 11.7. The number of carbonyl (C=O) groups is 1. The smallest absolute Gasteiger partial charge is 0.241 e. The molecule has 88 valence electrons. The molecule has 0 aliphatic heterocycles. The number of carboxylic acids is 1. The highest BCUT2D eigenvalue weighted by atomic mass is 32.2. The Kier molecular flexibility index (Phi) is 3.66. The van der Waals surface area contributed by atoms with Gasteiger partial charge in [0.1, 0.15) is 0 Å². The fourth-order valence-corrected chi connectivity index (χ4v) is 2.52. The Labute approximate surface area is 94.2 Å². The predicted octanol–water partition coefficient (Wildman–Crippen LogP) is -0.668. The number of nitrogens with one attached hydrogen (secondary N) is 1. The van der Waals surface area contributed by atoms with Gasteiger partial charge < -0.3 is 9.90 Å². The molecule has 0 saturated heterocycles. The SMILES string of the molecule is Cc1ccc(C)c(S(=O)(=O)NCC(=O)[O-])c1. The Morgan fingerprint density at radius 3 is 2.56 bits per heavy atom. The first-order valence-electron chi connectivity index (χ1n) is 4.59. The summed E-state index contributed by atoms with van der Waals surface area (Å²) < 4.78 is 25.4. The normalized spacial score (nSPS) is 11.4. The van der Waals surface area contributed by atoms with Crippen molar-refractivity contribution in [1.82, 2.24) is 4.72 Å². The average Bonchev–Trinajstić information content (AvgIpc) is 2.19. The molecular formula is C10H12NO4S-. The van der Waals surface area contributed by atoms with Crippen LogP contribution in [0.15, 0.2) is 23.1 Å². The van der Waals surface area contributed by atoms with E-state index in [4.69, 9.17) is 0 Å². The average molecular weight is 242 g/mol. The van der Waals surface area contributed by atoms with Crippen molar-refractivity contribution in [1.29, 1.82) is 0 Å². The van der Waals surface area contributed by atoms with Crippen LogP contribution in [0.2, 0.25) is 0 Å². The molecule has 6 heteroatoms. The predicted molar refractivity (Wildman–Crippen MR) is 56.1 cm³/mol. The molecule has 0 aromatic heterocycles. The van der Waals surface area contributed by atoms with Crippen molar-refractivity contribution in [2.24, 2.45) is 0 Å². The zero-order chi connectivity index (χ0) is 12.3. The monoisotopic (exact) mass is 242 g/mol. The molecular weight excluding hydrogens is 230 g/mol. The topological polar surface area (TPSA) is 86.3 Å². The molecule has 1 N–H and O–H groups in total. The van der Waals surface area contributed by atoms with Crippen LogP contribution in [-0.4, -0.2) is 20.9 Å². The van der Waals surface area contributed by atoms with Crippen molar-refractivity contribution in [2.45, 2.75) is 18.7 Å². The minimum atomic E-state index is -3.78. The first-order valence-corrected chi connectivity index (χ1v) is 6.08. The van der Waals surface area contributed by atoms with Crippen LogP contribution in [0.4, 0.5) is 0 Å². The zero-order valence-electron chi connectivity index (χ0n) is 8.98. The lowest BCUT2D eigenvalue weighted by molar-refractivity contribution is -0.303. The number of carboxylic acid groups (broad SMARTS) is 1. The summed E-state index contributed by atoms with van der Waals surface area (Å²) in [7, 11) is -3.78.